The summed E-state index contributed by atoms with van der Waals surface area (Å²) in [5, 5.41) is 10.8. The molecule has 0 bridgehead atoms. The van der Waals surface area contributed by atoms with Crippen LogP contribution in [0.5, 0.6) is 0 Å². The van der Waals surface area contributed by atoms with E-state index in [9.17, 15) is 18.0 Å². The van der Waals surface area contributed by atoms with Crippen LogP contribution >= 0.6 is 11.8 Å². The molecule has 0 atom stereocenters. The number of hydrogen-bond donors (Lipinski definition) is 2. The van der Waals surface area contributed by atoms with Crippen molar-refractivity contribution in [1.29, 1.82) is 0 Å². The van der Waals surface area contributed by atoms with E-state index in [0.29, 0.717) is 0 Å². The number of rotatable bonds is 4. The van der Waals surface area contributed by atoms with Crippen LogP contribution in [-0.4, -0.2) is 29.7 Å². The molecular weight excluding hydrogens is 255 g/mol. The predicted octanol–water partition coefficient (Wildman–Crippen LogP) is 2.02. The van der Waals surface area contributed by atoms with E-state index in [4.69, 9.17) is 5.11 Å². The van der Waals surface area contributed by atoms with Gasteiger partial charge in [0.25, 0.3) is 5.91 Å². The molecule has 94 valence electrons. The minimum atomic E-state index is -4.44. The lowest BCUT2D eigenvalue weighted by molar-refractivity contribution is -0.0328. The number of thioether (sulfide) groups is 1. The monoisotopic (exact) mass is 265 g/mol. The fraction of sp³-hybridized carbons (Fsp3) is 0.300. The topological polar surface area (TPSA) is 49.3 Å². The summed E-state index contributed by atoms with van der Waals surface area (Å²) in [6, 6.07) is 5.44. The molecule has 1 amide bonds. The Hall–Kier alpha value is -1.21. The number of alkyl halides is 3. The maximum absolute atomic E-state index is 12.2. The molecule has 3 nitrogen and oxygen atoms in total. The highest BCUT2D eigenvalue weighted by atomic mass is 32.2. The Bertz CT molecular complexity index is 395. The van der Waals surface area contributed by atoms with Crippen molar-refractivity contribution in [2.24, 2.45) is 0 Å². The van der Waals surface area contributed by atoms with E-state index in [2.05, 4.69) is 5.32 Å². The first-order valence-corrected chi connectivity index (χ1v) is 5.49. The molecule has 1 aromatic rings. The first-order chi connectivity index (χ1) is 7.94. The molecule has 0 saturated heterocycles. The Labute approximate surface area is 100 Å². The standard InChI is InChI=1S/C10H10F3NO2S/c11-10(12,13)17-8-4-2-1-3-7(8)9(16)14-5-6-15/h1-4,15H,5-6H2,(H,14,16). The highest BCUT2D eigenvalue weighted by molar-refractivity contribution is 8.00. The average Bonchev–Trinajstić information content (AvgIpc) is 2.24. The van der Waals surface area contributed by atoms with Gasteiger partial charge in [-0.05, 0) is 23.9 Å². The lowest BCUT2D eigenvalue weighted by Crippen LogP contribution is -2.27. The van der Waals surface area contributed by atoms with E-state index in [1.165, 1.54) is 24.3 Å². The van der Waals surface area contributed by atoms with Crippen molar-refractivity contribution in [1.82, 2.24) is 5.32 Å². The second-order valence-corrected chi connectivity index (χ2v) is 4.13. The maximum Gasteiger partial charge on any atom is 0.446 e. The van der Waals surface area contributed by atoms with Gasteiger partial charge in [-0.2, -0.15) is 13.2 Å². The molecule has 0 radical (unpaired) electrons. The van der Waals surface area contributed by atoms with Crippen molar-refractivity contribution in [3.05, 3.63) is 29.8 Å². The van der Waals surface area contributed by atoms with Gasteiger partial charge in [-0.25, -0.2) is 0 Å². The first-order valence-electron chi connectivity index (χ1n) is 4.68. The van der Waals surface area contributed by atoms with Crippen molar-refractivity contribution in [3.63, 3.8) is 0 Å². The Morgan fingerprint density at radius 2 is 2.00 bits per heavy atom. The number of nitrogens with one attached hydrogen (secondary N) is 1. The van der Waals surface area contributed by atoms with Gasteiger partial charge < -0.3 is 10.4 Å². The fourth-order valence-corrected chi connectivity index (χ4v) is 1.80. The van der Waals surface area contributed by atoms with Crippen molar-refractivity contribution in [2.75, 3.05) is 13.2 Å². The third-order valence-electron chi connectivity index (χ3n) is 1.75. The fourth-order valence-electron chi connectivity index (χ4n) is 1.13. The van der Waals surface area contributed by atoms with Gasteiger partial charge in [0.2, 0.25) is 0 Å². The summed E-state index contributed by atoms with van der Waals surface area (Å²) < 4.78 is 36.7. The number of benzene rings is 1. The largest absolute Gasteiger partial charge is 0.446 e. The zero-order chi connectivity index (χ0) is 12.9. The van der Waals surface area contributed by atoms with E-state index < -0.39 is 11.4 Å². The SMILES string of the molecule is O=C(NCCO)c1ccccc1SC(F)(F)F. The third-order valence-corrected chi connectivity index (χ3v) is 2.56. The van der Waals surface area contributed by atoms with Crippen molar-refractivity contribution in [3.8, 4) is 0 Å². The quantitative estimate of drug-likeness (QED) is 0.819. The molecule has 0 saturated carbocycles. The molecule has 0 aliphatic rings. The average molecular weight is 265 g/mol. The Morgan fingerprint density at radius 1 is 1.35 bits per heavy atom. The Morgan fingerprint density at radius 3 is 2.59 bits per heavy atom. The van der Waals surface area contributed by atoms with Crippen LogP contribution in [0.2, 0.25) is 0 Å². The van der Waals surface area contributed by atoms with Crippen LogP contribution < -0.4 is 5.32 Å². The van der Waals surface area contributed by atoms with Crippen LogP contribution in [0, 0.1) is 0 Å². The smallest absolute Gasteiger partial charge is 0.395 e. The Balaban J connectivity index is 2.88. The van der Waals surface area contributed by atoms with E-state index in [1.54, 1.807) is 0 Å². The van der Waals surface area contributed by atoms with Crippen LogP contribution in [0.3, 0.4) is 0 Å². The summed E-state index contributed by atoms with van der Waals surface area (Å²) >= 11 is -0.334. The van der Waals surface area contributed by atoms with E-state index in [-0.39, 0.29) is 35.4 Å². The minimum absolute atomic E-state index is 0.00382. The summed E-state index contributed by atoms with van der Waals surface area (Å²) in [4.78, 5) is 11.4. The van der Waals surface area contributed by atoms with Gasteiger partial charge in [-0.3, -0.25) is 4.79 Å². The van der Waals surface area contributed by atoms with Gasteiger partial charge in [-0.1, -0.05) is 12.1 Å². The molecular formula is C10H10F3NO2S. The second kappa shape index (κ2) is 5.92. The molecule has 0 aliphatic carbocycles. The maximum atomic E-state index is 12.2. The van der Waals surface area contributed by atoms with Crippen LogP contribution in [0.4, 0.5) is 13.2 Å². The number of aliphatic hydroxyl groups is 1. The number of carbonyl (C=O) groups excluding carboxylic acids is 1. The van der Waals surface area contributed by atoms with Gasteiger partial charge >= 0.3 is 5.51 Å². The summed E-state index contributed by atoms with van der Waals surface area (Å²) in [5.41, 5.74) is -4.49. The molecule has 0 aromatic heterocycles. The summed E-state index contributed by atoms with van der Waals surface area (Å²) in [6.07, 6.45) is 0. The van der Waals surface area contributed by atoms with Gasteiger partial charge in [0.15, 0.2) is 0 Å². The molecule has 2 N–H and O–H groups in total. The van der Waals surface area contributed by atoms with Crippen LogP contribution in [-0.2, 0) is 0 Å². The highest BCUT2D eigenvalue weighted by Crippen LogP contribution is 2.38. The second-order valence-electron chi connectivity index (χ2n) is 3.02. The zero-order valence-electron chi connectivity index (χ0n) is 8.62. The van der Waals surface area contributed by atoms with E-state index in [0.717, 1.165) is 0 Å². The predicted molar refractivity (Wildman–Crippen MR) is 57.8 cm³/mol. The minimum Gasteiger partial charge on any atom is -0.395 e. The van der Waals surface area contributed by atoms with Gasteiger partial charge in [0.1, 0.15) is 0 Å². The number of hydrogen-bond acceptors (Lipinski definition) is 3. The number of carbonyl (C=O) groups is 1. The Kier molecular flexibility index (Phi) is 4.83. The molecule has 1 aromatic carbocycles. The van der Waals surface area contributed by atoms with Crippen molar-refractivity contribution >= 4 is 17.7 Å². The number of halogens is 3. The van der Waals surface area contributed by atoms with E-state index in [1.807, 2.05) is 0 Å². The van der Waals surface area contributed by atoms with Gasteiger partial charge in [0.05, 0.1) is 12.2 Å². The molecule has 0 spiro atoms. The van der Waals surface area contributed by atoms with Gasteiger partial charge in [-0.15, -0.1) is 0 Å². The van der Waals surface area contributed by atoms with Crippen molar-refractivity contribution < 1.29 is 23.1 Å². The summed E-state index contributed by atoms with van der Waals surface area (Å²) in [7, 11) is 0. The molecule has 0 heterocycles. The zero-order valence-corrected chi connectivity index (χ0v) is 9.44. The molecule has 1 rings (SSSR count). The van der Waals surface area contributed by atoms with Crippen LogP contribution in [0.15, 0.2) is 29.2 Å². The van der Waals surface area contributed by atoms with E-state index >= 15 is 0 Å². The summed E-state index contributed by atoms with van der Waals surface area (Å²) in [6.45, 7) is -0.260. The third kappa shape index (κ3) is 4.66. The van der Waals surface area contributed by atoms with Crippen LogP contribution in [0.25, 0.3) is 0 Å². The molecule has 7 heteroatoms. The molecule has 0 unspecified atom stereocenters. The summed E-state index contributed by atoms with van der Waals surface area (Å²) in [5.74, 6) is -0.633. The molecule has 0 aliphatic heterocycles. The highest BCUT2D eigenvalue weighted by Gasteiger charge is 2.31. The van der Waals surface area contributed by atoms with Crippen LogP contribution in [0.1, 0.15) is 10.4 Å². The molecule has 17 heavy (non-hydrogen) atoms. The van der Waals surface area contributed by atoms with Gasteiger partial charge in [0, 0.05) is 11.4 Å². The molecule has 0 fully saturated rings. The first kappa shape index (κ1) is 13.9. The number of amides is 1. The lowest BCUT2D eigenvalue weighted by atomic mass is 10.2. The normalized spacial score (nSPS) is 11.3. The lowest BCUT2D eigenvalue weighted by Gasteiger charge is -2.10. The number of aliphatic hydroxyl groups excluding tert-OH is 1. The van der Waals surface area contributed by atoms with Crippen molar-refractivity contribution in [2.45, 2.75) is 10.4 Å².